The fourth-order valence-corrected chi connectivity index (χ4v) is 1.53. The zero-order chi connectivity index (χ0) is 14.0. The number of rotatable bonds is 3. The number of nitrogen functional groups attached to an aromatic ring is 1. The van der Waals surface area contributed by atoms with Crippen LogP contribution in [-0.2, 0) is 0 Å². The van der Waals surface area contributed by atoms with E-state index >= 15 is 0 Å². The standard InChI is InChI=1S/C11H12N6O2/c1-6-7(5-12)10(13)17(16-6)11-14-8(18-2)4-9(15-11)19-3/h4H,13H2,1-3H3. The molecule has 0 aromatic carbocycles. The van der Waals surface area contributed by atoms with Gasteiger partial charge in [-0.15, -0.1) is 0 Å². The molecule has 0 aliphatic heterocycles. The number of nitrogens with two attached hydrogens (primary N) is 1. The summed E-state index contributed by atoms with van der Waals surface area (Å²) in [4.78, 5) is 8.23. The summed E-state index contributed by atoms with van der Waals surface area (Å²) in [5, 5.41) is 13.1. The van der Waals surface area contributed by atoms with E-state index in [0.717, 1.165) is 0 Å². The first kappa shape index (κ1) is 12.6. The van der Waals surface area contributed by atoms with Crippen molar-refractivity contribution in [2.24, 2.45) is 0 Å². The van der Waals surface area contributed by atoms with Gasteiger partial charge in [0, 0.05) is 0 Å². The topological polar surface area (TPSA) is 112 Å². The number of aromatic nitrogens is 4. The first-order valence-corrected chi connectivity index (χ1v) is 5.33. The van der Waals surface area contributed by atoms with Crippen LogP contribution >= 0.6 is 0 Å². The Kier molecular flexibility index (Phi) is 3.20. The molecule has 0 bridgehead atoms. The lowest BCUT2D eigenvalue weighted by Gasteiger charge is -2.06. The van der Waals surface area contributed by atoms with E-state index in [-0.39, 0.29) is 11.8 Å². The maximum absolute atomic E-state index is 8.99. The minimum absolute atomic E-state index is 0.176. The molecule has 0 aliphatic rings. The molecule has 19 heavy (non-hydrogen) atoms. The molecule has 2 aromatic rings. The Morgan fingerprint density at radius 2 is 1.84 bits per heavy atom. The van der Waals surface area contributed by atoms with Crippen LogP contribution in [0.4, 0.5) is 5.82 Å². The third-order valence-corrected chi connectivity index (χ3v) is 2.48. The van der Waals surface area contributed by atoms with E-state index in [9.17, 15) is 0 Å². The third-order valence-electron chi connectivity index (χ3n) is 2.48. The number of hydrogen-bond acceptors (Lipinski definition) is 7. The first-order valence-electron chi connectivity index (χ1n) is 5.33. The smallest absolute Gasteiger partial charge is 0.259 e. The van der Waals surface area contributed by atoms with Crippen molar-refractivity contribution in [3.63, 3.8) is 0 Å². The number of hydrogen-bond donors (Lipinski definition) is 1. The fourth-order valence-electron chi connectivity index (χ4n) is 1.53. The van der Waals surface area contributed by atoms with Gasteiger partial charge < -0.3 is 15.2 Å². The lowest BCUT2D eigenvalue weighted by atomic mass is 10.3. The molecule has 8 heteroatoms. The zero-order valence-corrected chi connectivity index (χ0v) is 10.7. The van der Waals surface area contributed by atoms with Crippen molar-refractivity contribution < 1.29 is 9.47 Å². The SMILES string of the molecule is COc1cc(OC)nc(-n2nc(C)c(C#N)c2N)n1. The summed E-state index contributed by atoms with van der Waals surface area (Å²) >= 11 is 0. The Labute approximate surface area is 109 Å². The molecule has 8 nitrogen and oxygen atoms in total. The Morgan fingerprint density at radius 1 is 1.26 bits per heavy atom. The summed E-state index contributed by atoms with van der Waals surface area (Å²) in [5.41, 5.74) is 6.65. The molecule has 98 valence electrons. The van der Waals surface area contributed by atoms with Gasteiger partial charge in [-0.3, -0.25) is 0 Å². The van der Waals surface area contributed by atoms with Crippen LogP contribution in [0.3, 0.4) is 0 Å². The van der Waals surface area contributed by atoms with Crippen LogP contribution in [0.1, 0.15) is 11.3 Å². The minimum Gasteiger partial charge on any atom is -0.481 e. The van der Waals surface area contributed by atoms with E-state index < -0.39 is 0 Å². The van der Waals surface area contributed by atoms with Gasteiger partial charge in [0.25, 0.3) is 5.95 Å². The zero-order valence-electron chi connectivity index (χ0n) is 10.7. The van der Waals surface area contributed by atoms with Gasteiger partial charge >= 0.3 is 0 Å². The van der Waals surface area contributed by atoms with Crippen molar-refractivity contribution in [1.82, 2.24) is 19.7 Å². The van der Waals surface area contributed by atoms with Crippen LogP contribution < -0.4 is 15.2 Å². The van der Waals surface area contributed by atoms with Crippen molar-refractivity contribution in [2.75, 3.05) is 20.0 Å². The van der Waals surface area contributed by atoms with Crippen molar-refractivity contribution in [3.05, 3.63) is 17.3 Å². The maximum atomic E-state index is 8.99. The number of methoxy groups -OCH3 is 2. The van der Waals surface area contributed by atoms with E-state index in [1.165, 1.54) is 25.0 Å². The van der Waals surface area contributed by atoms with Gasteiger partial charge in [-0.2, -0.15) is 25.0 Å². The molecule has 2 aromatic heterocycles. The van der Waals surface area contributed by atoms with Gasteiger partial charge in [0.15, 0.2) is 0 Å². The Hall–Kier alpha value is -2.82. The molecule has 0 aliphatic carbocycles. The van der Waals surface area contributed by atoms with E-state index in [0.29, 0.717) is 23.0 Å². The largest absolute Gasteiger partial charge is 0.481 e. The Balaban J connectivity index is 2.62. The number of anilines is 1. The summed E-state index contributed by atoms with van der Waals surface area (Å²) < 4.78 is 11.4. The summed E-state index contributed by atoms with van der Waals surface area (Å²) in [6.45, 7) is 1.68. The lowest BCUT2D eigenvalue weighted by molar-refractivity contribution is 0.370. The Morgan fingerprint density at radius 3 is 2.26 bits per heavy atom. The number of aryl methyl sites for hydroxylation is 1. The molecule has 0 atom stereocenters. The van der Waals surface area contributed by atoms with Crippen LogP contribution in [0.15, 0.2) is 6.07 Å². The predicted molar refractivity (Wildman–Crippen MR) is 66.1 cm³/mol. The van der Waals surface area contributed by atoms with E-state index in [2.05, 4.69) is 15.1 Å². The molecular weight excluding hydrogens is 248 g/mol. The van der Waals surface area contributed by atoms with Crippen molar-refractivity contribution >= 4 is 5.82 Å². The second-order valence-corrected chi connectivity index (χ2v) is 3.62. The molecule has 0 amide bonds. The van der Waals surface area contributed by atoms with Gasteiger partial charge in [0.05, 0.1) is 26.0 Å². The number of nitriles is 1. The van der Waals surface area contributed by atoms with Crippen LogP contribution in [0.25, 0.3) is 5.95 Å². The number of nitrogens with zero attached hydrogens (tertiary/aromatic N) is 5. The van der Waals surface area contributed by atoms with E-state index in [4.69, 9.17) is 20.5 Å². The van der Waals surface area contributed by atoms with Crippen LogP contribution in [0, 0.1) is 18.3 Å². The molecule has 0 fully saturated rings. The number of ether oxygens (including phenoxy) is 2. The molecule has 0 spiro atoms. The maximum Gasteiger partial charge on any atom is 0.259 e. The van der Waals surface area contributed by atoms with Gasteiger partial charge in [0.1, 0.15) is 17.5 Å². The molecule has 0 saturated heterocycles. The molecular formula is C11H12N6O2. The first-order chi connectivity index (χ1) is 9.10. The minimum atomic E-state index is 0.176. The second-order valence-electron chi connectivity index (χ2n) is 3.62. The third kappa shape index (κ3) is 2.13. The molecule has 0 unspecified atom stereocenters. The summed E-state index contributed by atoms with van der Waals surface area (Å²) in [5.74, 6) is 0.981. The molecule has 0 saturated carbocycles. The summed E-state index contributed by atoms with van der Waals surface area (Å²) in [6, 6.07) is 3.51. The molecule has 2 heterocycles. The fraction of sp³-hybridized carbons (Fsp3) is 0.273. The lowest BCUT2D eigenvalue weighted by Crippen LogP contribution is -2.08. The van der Waals surface area contributed by atoms with Crippen molar-refractivity contribution in [3.8, 4) is 23.8 Å². The highest BCUT2D eigenvalue weighted by molar-refractivity contribution is 5.54. The highest BCUT2D eigenvalue weighted by atomic mass is 16.5. The second kappa shape index (κ2) is 4.81. The van der Waals surface area contributed by atoms with E-state index in [1.807, 2.05) is 6.07 Å². The normalized spacial score (nSPS) is 10.0. The van der Waals surface area contributed by atoms with Gasteiger partial charge in [-0.25, -0.2) is 0 Å². The van der Waals surface area contributed by atoms with Crippen molar-refractivity contribution in [2.45, 2.75) is 6.92 Å². The highest BCUT2D eigenvalue weighted by Gasteiger charge is 2.16. The highest BCUT2D eigenvalue weighted by Crippen LogP contribution is 2.21. The van der Waals surface area contributed by atoms with Gasteiger partial charge in [0.2, 0.25) is 11.8 Å². The monoisotopic (exact) mass is 260 g/mol. The summed E-state index contributed by atoms with van der Waals surface area (Å²) in [6.07, 6.45) is 0. The predicted octanol–water partition coefficient (Wildman–Crippen LogP) is 0.442. The molecule has 0 radical (unpaired) electrons. The van der Waals surface area contributed by atoms with Crippen LogP contribution in [-0.4, -0.2) is 34.0 Å². The van der Waals surface area contributed by atoms with Gasteiger partial charge in [-0.05, 0) is 6.92 Å². The van der Waals surface area contributed by atoms with Crippen molar-refractivity contribution in [1.29, 1.82) is 5.26 Å². The Bertz CT molecular complexity index is 636. The molecule has 2 rings (SSSR count). The molecule has 2 N–H and O–H groups in total. The average molecular weight is 260 g/mol. The summed E-state index contributed by atoms with van der Waals surface area (Å²) in [7, 11) is 2.95. The van der Waals surface area contributed by atoms with E-state index in [1.54, 1.807) is 6.92 Å². The average Bonchev–Trinajstić information content (AvgIpc) is 2.72. The quantitative estimate of drug-likeness (QED) is 0.852. The van der Waals surface area contributed by atoms with Gasteiger partial charge in [-0.1, -0.05) is 0 Å². The van der Waals surface area contributed by atoms with Crippen LogP contribution in [0.2, 0.25) is 0 Å². The van der Waals surface area contributed by atoms with Crippen LogP contribution in [0.5, 0.6) is 11.8 Å².